The second-order valence-corrected chi connectivity index (χ2v) is 9.14. The van der Waals surface area contributed by atoms with E-state index >= 15 is 0 Å². The van der Waals surface area contributed by atoms with Crippen molar-refractivity contribution in [2.75, 3.05) is 0 Å². The van der Waals surface area contributed by atoms with Crippen molar-refractivity contribution in [2.24, 2.45) is 20.5 Å². The number of hydrogen-bond acceptors (Lipinski definition) is 8. The maximum atomic E-state index is 11.8. The molecule has 160 valence electrons. The molecule has 3 aromatic rings. The van der Waals surface area contributed by atoms with E-state index in [2.05, 4.69) is 20.5 Å². The van der Waals surface area contributed by atoms with Gasteiger partial charge in [-0.2, -0.15) is 32.2 Å². The number of nitrogens with zero attached hydrogens (tertiary/aromatic N) is 4. The van der Waals surface area contributed by atoms with Gasteiger partial charge >= 0.3 is 0 Å². The highest BCUT2D eigenvalue weighted by Crippen LogP contribution is 2.31. The minimum atomic E-state index is -4.62. The summed E-state index contributed by atoms with van der Waals surface area (Å²) >= 11 is 0. The van der Waals surface area contributed by atoms with Crippen LogP contribution in [0.5, 0.6) is 0 Å². The summed E-state index contributed by atoms with van der Waals surface area (Å²) < 4.78 is 64.1. The molecule has 0 bridgehead atoms. The predicted molar refractivity (Wildman–Crippen MR) is 112 cm³/mol. The molecule has 3 aromatic carbocycles. The molecule has 0 fully saturated rings. The monoisotopic (exact) mass is 460 g/mol. The minimum absolute atomic E-state index is 0.0838. The van der Waals surface area contributed by atoms with Crippen LogP contribution in [0.1, 0.15) is 5.56 Å². The number of rotatable bonds is 6. The number of benzene rings is 3. The zero-order valence-corrected chi connectivity index (χ0v) is 17.6. The van der Waals surface area contributed by atoms with Crippen LogP contribution in [-0.2, 0) is 20.2 Å². The lowest BCUT2D eigenvalue weighted by molar-refractivity contribution is 0.481. The first-order chi connectivity index (χ1) is 14.5. The van der Waals surface area contributed by atoms with Crippen molar-refractivity contribution >= 4 is 43.0 Å². The van der Waals surface area contributed by atoms with E-state index in [1.54, 1.807) is 12.1 Å². The predicted octanol–water partition coefficient (Wildman–Crippen LogP) is 5.32. The van der Waals surface area contributed by atoms with Gasteiger partial charge in [0, 0.05) is 0 Å². The molecule has 0 aliphatic carbocycles. The van der Waals surface area contributed by atoms with Crippen LogP contribution >= 0.6 is 0 Å². The molecule has 0 spiro atoms. The van der Waals surface area contributed by atoms with E-state index in [-0.39, 0.29) is 22.0 Å². The molecule has 0 atom stereocenters. The molecule has 12 heteroatoms. The van der Waals surface area contributed by atoms with Gasteiger partial charge in [-0.3, -0.25) is 9.11 Å². The quantitative estimate of drug-likeness (QED) is 0.374. The largest absolute Gasteiger partial charge is 0.296 e. The summed E-state index contributed by atoms with van der Waals surface area (Å²) in [6.45, 7) is 1.91. The first kappa shape index (κ1) is 22.4. The van der Waals surface area contributed by atoms with Crippen LogP contribution in [-0.4, -0.2) is 25.9 Å². The highest BCUT2D eigenvalue weighted by molar-refractivity contribution is 7.86. The van der Waals surface area contributed by atoms with Gasteiger partial charge in [0.2, 0.25) is 0 Å². The lowest BCUT2D eigenvalue weighted by atomic mass is 10.2. The topological polar surface area (TPSA) is 158 Å². The van der Waals surface area contributed by atoms with E-state index in [9.17, 15) is 21.4 Å². The Hall–Kier alpha value is -3.32. The molecule has 10 nitrogen and oxygen atoms in total. The van der Waals surface area contributed by atoms with Crippen molar-refractivity contribution in [3.05, 3.63) is 72.3 Å². The van der Waals surface area contributed by atoms with Gasteiger partial charge in [0.05, 0.1) is 22.0 Å². The summed E-state index contributed by atoms with van der Waals surface area (Å²) in [6.07, 6.45) is 0. The molecule has 0 aromatic heterocycles. The Morgan fingerprint density at radius 2 is 1.10 bits per heavy atom. The van der Waals surface area contributed by atoms with Crippen molar-refractivity contribution in [2.45, 2.75) is 16.7 Å². The Balaban J connectivity index is 1.89. The van der Waals surface area contributed by atoms with Crippen molar-refractivity contribution in [1.29, 1.82) is 0 Å². The van der Waals surface area contributed by atoms with Gasteiger partial charge in [-0.1, -0.05) is 17.7 Å². The molecule has 0 heterocycles. The molecular weight excluding hydrogens is 444 g/mol. The average Bonchev–Trinajstić information content (AvgIpc) is 2.71. The summed E-state index contributed by atoms with van der Waals surface area (Å²) in [5.41, 5.74) is 1.80. The normalized spacial score (nSPS) is 12.6. The summed E-state index contributed by atoms with van der Waals surface area (Å²) in [7, 11) is -8.95. The Morgan fingerprint density at radius 1 is 0.613 bits per heavy atom. The fourth-order valence-electron chi connectivity index (χ4n) is 2.38. The van der Waals surface area contributed by atoms with Crippen LogP contribution in [0, 0.1) is 6.92 Å². The van der Waals surface area contributed by atoms with Crippen molar-refractivity contribution in [3.8, 4) is 0 Å². The molecule has 2 N–H and O–H groups in total. The second kappa shape index (κ2) is 8.81. The lowest BCUT2D eigenvalue weighted by Crippen LogP contribution is -1.98. The fourth-order valence-corrected chi connectivity index (χ4v) is 3.50. The second-order valence-electron chi connectivity index (χ2n) is 6.33. The lowest BCUT2D eigenvalue weighted by Gasteiger charge is -2.03. The van der Waals surface area contributed by atoms with E-state index in [0.717, 1.165) is 23.8 Å². The van der Waals surface area contributed by atoms with Gasteiger partial charge in [-0.25, -0.2) is 0 Å². The molecular formula is C19H16N4O6S2. The van der Waals surface area contributed by atoms with Crippen LogP contribution in [0.2, 0.25) is 0 Å². The third-order valence-electron chi connectivity index (χ3n) is 3.94. The maximum absolute atomic E-state index is 11.8. The molecule has 3 rings (SSSR count). The third kappa shape index (κ3) is 6.08. The molecule has 31 heavy (non-hydrogen) atoms. The zero-order chi connectivity index (χ0) is 22.6. The highest BCUT2D eigenvalue weighted by atomic mass is 32.2. The molecule has 0 saturated carbocycles. The molecule has 0 amide bonds. The Kier molecular flexibility index (Phi) is 6.36. The summed E-state index contributed by atoms with van der Waals surface area (Å²) in [5, 5.41) is 15.6. The van der Waals surface area contributed by atoms with Gasteiger partial charge in [-0.15, -0.1) is 5.11 Å². The van der Waals surface area contributed by atoms with Gasteiger partial charge in [0.1, 0.15) is 10.6 Å². The summed E-state index contributed by atoms with van der Waals surface area (Å²) in [5.74, 6) is 0. The Labute approximate surface area is 178 Å². The van der Waals surface area contributed by atoms with Crippen molar-refractivity contribution in [3.63, 3.8) is 0 Å². The van der Waals surface area contributed by atoms with E-state index in [1.807, 2.05) is 19.1 Å². The highest BCUT2D eigenvalue weighted by Gasteiger charge is 2.17. The third-order valence-corrected chi connectivity index (χ3v) is 5.69. The molecule has 0 aliphatic rings. The van der Waals surface area contributed by atoms with Gasteiger partial charge in [0.25, 0.3) is 20.2 Å². The molecule has 0 unspecified atom stereocenters. The standard InChI is InChI=1S/C19H16N4O6S2/c1-13-2-4-14(5-3-13)21-23-18-11-8-16(12-19(18)31(27,28)29)22-20-15-6-9-17(10-7-15)30(24,25)26/h2-12H,1H3,(H,24,25,26)(H,27,28,29)/b22-20+,23-21+. The van der Waals surface area contributed by atoms with Crippen LogP contribution in [0.4, 0.5) is 22.7 Å². The zero-order valence-electron chi connectivity index (χ0n) is 16.0. The maximum Gasteiger partial charge on any atom is 0.296 e. The number of aryl methyl sites for hydroxylation is 1. The number of hydrogen-bond donors (Lipinski definition) is 2. The van der Waals surface area contributed by atoms with Crippen LogP contribution < -0.4 is 0 Å². The van der Waals surface area contributed by atoms with Crippen LogP contribution in [0.3, 0.4) is 0 Å². The van der Waals surface area contributed by atoms with Crippen molar-refractivity contribution in [1.82, 2.24) is 0 Å². The Morgan fingerprint density at radius 3 is 1.65 bits per heavy atom. The molecule has 0 aliphatic heterocycles. The van der Waals surface area contributed by atoms with Gasteiger partial charge < -0.3 is 0 Å². The molecule has 0 saturated heterocycles. The van der Waals surface area contributed by atoms with E-state index in [4.69, 9.17) is 4.55 Å². The van der Waals surface area contributed by atoms with Gasteiger partial charge in [0.15, 0.2) is 0 Å². The SMILES string of the molecule is Cc1ccc(/N=N/c2ccc(/N=N/c3ccc(S(=O)(=O)O)cc3)cc2S(=O)(=O)O)cc1. The summed E-state index contributed by atoms with van der Waals surface area (Å²) in [4.78, 5) is -0.801. The first-order valence-corrected chi connectivity index (χ1v) is 11.5. The van der Waals surface area contributed by atoms with E-state index in [0.29, 0.717) is 5.69 Å². The summed E-state index contributed by atoms with van der Waals surface area (Å²) in [6, 6.07) is 15.8. The average molecular weight is 460 g/mol. The van der Waals surface area contributed by atoms with Crippen LogP contribution in [0.25, 0.3) is 0 Å². The van der Waals surface area contributed by atoms with Gasteiger partial charge in [-0.05, 0) is 61.5 Å². The van der Waals surface area contributed by atoms with Crippen LogP contribution in [0.15, 0.2) is 97.0 Å². The smallest absolute Gasteiger partial charge is 0.282 e. The molecule has 0 radical (unpaired) electrons. The fraction of sp³-hybridized carbons (Fsp3) is 0.0526. The minimum Gasteiger partial charge on any atom is -0.282 e. The first-order valence-electron chi connectivity index (χ1n) is 8.62. The Bertz CT molecular complexity index is 1370. The number of azo groups is 2. The van der Waals surface area contributed by atoms with E-state index < -0.39 is 25.1 Å². The van der Waals surface area contributed by atoms with E-state index in [1.165, 1.54) is 24.3 Å². The van der Waals surface area contributed by atoms with Crippen molar-refractivity contribution < 1.29 is 25.9 Å².